The standard InChI is InChI=1S/C18H16BrNO2/c19-15-8-3-5-13(11-15)6-4-10-20-17(21)12-14-7-1-2-9-16(14)18(20)22/h1-9,11,17,21H,10,12H2/b6-4+. The van der Waals surface area contributed by atoms with Crippen LogP contribution >= 0.6 is 15.9 Å². The second-order valence-corrected chi connectivity index (χ2v) is 6.17. The Hall–Kier alpha value is -1.91. The number of hydrogen-bond donors (Lipinski definition) is 1. The number of nitrogens with zero attached hydrogens (tertiary/aromatic N) is 1. The molecule has 1 N–H and O–H groups in total. The summed E-state index contributed by atoms with van der Waals surface area (Å²) < 4.78 is 1.01. The second-order valence-electron chi connectivity index (χ2n) is 5.26. The fourth-order valence-corrected chi connectivity index (χ4v) is 3.04. The van der Waals surface area contributed by atoms with Crippen molar-refractivity contribution in [2.45, 2.75) is 12.6 Å². The van der Waals surface area contributed by atoms with Gasteiger partial charge in [0.15, 0.2) is 0 Å². The van der Waals surface area contributed by atoms with E-state index in [-0.39, 0.29) is 5.91 Å². The average Bonchev–Trinajstić information content (AvgIpc) is 2.51. The number of amides is 1. The Morgan fingerprint density at radius 3 is 2.86 bits per heavy atom. The summed E-state index contributed by atoms with van der Waals surface area (Å²) in [5.74, 6) is -0.117. The maximum Gasteiger partial charge on any atom is 0.256 e. The quantitative estimate of drug-likeness (QED) is 0.913. The van der Waals surface area contributed by atoms with Gasteiger partial charge in [0.1, 0.15) is 6.23 Å². The molecule has 4 heteroatoms. The third-order valence-electron chi connectivity index (χ3n) is 3.73. The number of benzene rings is 2. The van der Waals surface area contributed by atoms with E-state index in [0.29, 0.717) is 18.5 Å². The molecule has 0 bridgehead atoms. The fraction of sp³-hybridized carbons (Fsp3) is 0.167. The van der Waals surface area contributed by atoms with Crippen molar-refractivity contribution in [3.63, 3.8) is 0 Å². The van der Waals surface area contributed by atoms with Gasteiger partial charge in [-0.05, 0) is 29.3 Å². The molecule has 0 fully saturated rings. The normalized spacial score (nSPS) is 17.8. The van der Waals surface area contributed by atoms with Crippen molar-refractivity contribution >= 4 is 27.9 Å². The van der Waals surface area contributed by atoms with Crippen LogP contribution in [0.4, 0.5) is 0 Å². The van der Waals surface area contributed by atoms with E-state index in [1.165, 1.54) is 4.90 Å². The van der Waals surface area contributed by atoms with E-state index in [2.05, 4.69) is 15.9 Å². The first-order chi connectivity index (χ1) is 10.6. The first-order valence-corrected chi connectivity index (χ1v) is 7.93. The zero-order chi connectivity index (χ0) is 15.5. The summed E-state index contributed by atoms with van der Waals surface area (Å²) in [6.45, 7) is 0.390. The van der Waals surface area contributed by atoms with E-state index >= 15 is 0 Å². The minimum Gasteiger partial charge on any atom is -0.373 e. The minimum atomic E-state index is -0.769. The molecule has 1 heterocycles. The minimum absolute atomic E-state index is 0.117. The van der Waals surface area contributed by atoms with E-state index in [9.17, 15) is 9.90 Å². The van der Waals surface area contributed by atoms with Crippen molar-refractivity contribution in [2.75, 3.05) is 6.54 Å². The third kappa shape index (κ3) is 3.13. The topological polar surface area (TPSA) is 40.5 Å². The summed E-state index contributed by atoms with van der Waals surface area (Å²) in [6, 6.07) is 15.4. The van der Waals surface area contributed by atoms with Gasteiger partial charge in [0.2, 0.25) is 0 Å². The summed E-state index contributed by atoms with van der Waals surface area (Å²) in [5.41, 5.74) is 2.64. The molecule has 1 unspecified atom stereocenters. The van der Waals surface area contributed by atoms with Crippen molar-refractivity contribution < 1.29 is 9.90 Å². The number of carbonyl (C=O) groups excluding carboxylic acids is 1. The smallest absolute Gasteiger partial charge is 0.256 e. The molecule has 2 aromatic rings. The molecule has 0 spiro atoms. The lowest BCUT2D eigenvalue weighted by molar-refractivity contribution is 0.00833. The van der Waals surface area contributed by atoms with E-state index in [0.717, 1.165) is 15.6 Å². The van der Waals surface area contributed by atoms with Gasteiger partial charge in [0.25, 0.3) is 5.91 Å². The molecule has 1 atom stereocenters. The van der Waals surface area contributed by atoms with Gasteiger partial charge in [-0.3, -0.25) is 4.79 Å². The van der Waals surface area contributed by atoms with Crippen molar-refractivity contribution in [2.24, 2.45) is 0 Å². The molecule has 2 aromatic carbocycles. The number of aliphatic hydroxyl groups is 1. The summed E-state index contributed by atoms with van der Waals surface area (Å²) in [7, 11) is 0. The molecule has 112 valence electrons. The van der Waals surface area contributed by atoms with Crippen LogP contribution in [-0.2, 0) is 6.42 Å². The van der Waals surface area contributed by atoms with Crippen LogP contribution in [0.1, 0.15) is 21.5 Å². The van der Waals surface area contributed by atoms with Crippen LogP contribution in [0.25, 0.3) is 6.08 Å². The molecule has 1 aliphatic heterocycles. The molecule has 3 nitrogen and oxygen atoms in total. The SMILES string of the molecule is O=C1c2ccccc2CC(O)N1C/C=C/c1cccc(Br)c1. The van der Waals surface area contributed by atoms with Crippen LogP contribution in [0.3, 0.4) is 0 Å². The van der Waals surface area contributed by atoms with Crippen molar-refractivity contribution in [3.8, 4) is 0 Å². The number of halogens is 1. The lowest BCUT2D eigenvalue weighted by atomic mass is 9.98. The lowest BCUT2D eigenvalue weighted by Crippen LogP contribution is -2.45. The molecule has 22 heavy (non-hydrogen) atoms. The molecule has 0 aromatic heterocycles. The first kappa shape index (κ1) is 15.0. The number of carbonyl (C=O) groups is 1. The van der Waals surface area contributed by atoms with Crippen molar-refractivity contribution in [3.05, 3.63) is 75.8 Å². The Bertz CT molecular complexity index is 727. The molecule has 0 aliphatic carbocycles. The number of hydrogen-bond acceptors (Lipinski definition) is 2. The molecule has 3 rings (SSSR count). The van der Waals surface area contributed by atoms with Gasteiger partial charge >= 0.3 is 0 Å². The molecular formula is C18H16BrNO2. The molecule has 1 aliphatic rings. The van der Waals surface area contributed by atoms with Crippen LogP contribution in [-0.4, -0.2) is 28.7 Å². The Morgan fingerprint density at radius 2 is 2.05 bits per heavy atom. The highest BCUT2D eigenvalue weighted by Gasteiger charge is 2.29. The lowest BCUT2D eigenvalue weighted by Gasteiger charge is -2.32. The van der Waals surface area contributed by atoms with Gasteiger partial charge in [-0.25, -0.2) is 0 Å². The Kier molecular flexibility index (Phi) is 4.41. The summed E-state index contributed by atoms with van der Waals surface area (Å²) in [4.78, 5) is 13.9. The Labute approximate surface area is 138 Å². The Morgan fingerprint density at radius 1 is 1.23 bits per heavy atom. The summed E-state index contributed by atoms with van der Waals surface area (Å²) >= 11 is 3.43. The van der Waals surface area contributed by atoms with Crippen LogP contribution in [0.15, 0.2) is 59.1 Å². The van der Waals surface area contributed by atoms with Gasteiger partial charge in [-0.15, -0.1) is 0 Å². The van der Waals surface area contributed by atoms with Gasteiger partial charge in [-0.1, -0.05) is 58.4 Å². The average molecular weight is 358 g/mol. The number of rotatable bonds is 3. The summed E-state index contributed by atoms with van der Waals surface area (Å²) in [5, 5.41) is 10.2. The summed E-state index contributed by atoms with van der Waals surface area (Å²) in [6.07, 6.45) is 3.56. The number of fused-ring (bicyclic) bond motifs is 1. The molecule has 0 radical (unpaired) electrons. The highest BCUT2D eigenvalue weighted by Crippen LogP contribution is 2.22. The maximum atomic E-state index is 12.4. The van der Waals surface area contributed by atoms with Crippen molar-refractivity contribution in [1.29, 1.82) is 0 Å². The molecule has 0 saturated carbocycles. The predicted molar refractivity (Wildman–Crippen MR) is 90.4 cm³/mol. The van der Waals surface area contributed by atoms with Crippen LogP contribution < -0.4 is 0 Å². The zero-order valence-electron chi connectivity index (χ0n) is 11.9. The maximum absolute atomic E-state index is 12.4. The largest absolute Gasteiger partial charge is 0.373 e. The number of aliphatic hydroxyl groups excluding tert-OH is 1. The predicted octanol–water partition coefficient (Wildman–Crippen LogP) is 3.48. The highest BCUT2D eigenvalue weighted by atomic mass is 79.9. The monoisotopic (exact) mass is 357 g/mol. The van der Waals surface area contributed by atoms with Gasteiger partial charge in [0, 0.05) is 23.0 Å². The van der Waals surface area contributed by atoms with Crippen LogP contribution in [0.2, 0.25) is 0 Å². The van der Waals surface area contributed by atoms with E-state index in [4.69, 9.17) is 0 Å². The van der Waals surface area contributed by atoms with Crippen LogP contribution in [0, 0.1) is 0 Å². The van der Waals surface area contributed by atoms with Crippen LogP contribution in [0.5, 0.6) is 0 Å². The Balaban J connectivity index is 1.74. The molecule has 1 amide bonds. The third-order valence-corrected chi connectivity index (χ3v) is 4.23. The van der Waals surface area contributed by atoms with Gasteiger partial charge in [0.05, 0.1) is 0 Å². The fourth-order valence-electron chi connectivity index (χ4n) is 2.62. The van der Waals surface area contributed by atoms with Gasteiger partial charge < -0.3 is 10.0 Å². The molecular weight excluding hydrogens is 342 g/mol. The second kappa shape index (κ2) is 6.46. The van der Waals surface area contributed by atoms with Crippen molar-refractivity contribution in [1.82, 2.24) is 4.90 Å². The molecule has 0 saturated heterocycles. The zero-order valence-corrected chi connectivity index (χ0v) is 13.5. The van der Waals surface area contributed by atoms with E-state index < -0.39 is 6.23 Å². The van der Waals surface area contributed by atoms with E-state index in [1.54, 1.807) is 0 Å². The van der Waals surface area contributed by atoms with Gasteiger partial charge in [-0.2, -0.15) is 0 Å². The first-order valence-electron chi connectivity index (χ1n) is 7.14. The van der Waals surface area contributed by atoms with E-state index in [1.807, 2.05) is 60.7 Å². The highest BCUT2D eigenvalue weighted by molar-refractivity contribution is 9.10.